The molecule has 0 bridgehead atoms. The van der Waals surface area contributed by atoms with E-state index in [9.17, 15) is 4.79 Å². The molecule has 4 aromatic carbocycles. The topological polar surface area (TPSA) is 96.8 Å². The Morgan fingerprint density at radius 3 is 1.69 bits per heavy atom. The number of para-hydroxylation sites is 2. The molecule has 6 nitrogen and oxygen atoms in total. The first-order valence-corrected chi connectivity index (χ1v) is 11.3. The van der Waals surface area contributed by atoms with Gasteiger partial charge in [-0.2, -0.15) is 0 Å². The van der Waals surface area contributed by atoms with E-state index in [-0.39, 0.29) is 6.61 Å². The lowest BCUT2D eigenvalue weighted by molar-refractivity contribution is -0.144. The van der Waals surface area contributed by atoms with Crippen LogP contribution in [-0.2, 0) is 14.9 Å². The number of carbonyl (C=O) groups excluding carboxylic acids is 1. The number of methoxy groups -OCH3 is 1. The molecule has 0 aliphatic heterocycles. The number of carbonyl (C=O) groups is 1. The fraction of sp³-hybridized carbons (Fsp3) is 0.138. The van der Waals surface area contributed by atoms with Gasteiger partial charge >= 0.3 is 5.97 Å². The number of ether oxygens (including phenoxy) is 3. The minimum atomic E-state index is -1.20. The van der Waals surface area contributed by atoms with E-state index < -0.39 is 11.4 Å². The van der Waals surface area contributed by atoms with Crippen LogP contribution in [0.4, 0.5) is 11.4 Å². The van der Waals surface area contributed by atoms with Crippen molar-refractivity contribution in [1.82, 2.24) is 0 Å². The van der Waals surface area contributed by atoms with Crippen molar-refractivity contribution in [3.63, 3.8) is 0 Å². The Bertz CT molecular complexity index is 1240. The highest BCUT2D eigenvalue weighted by atomic mass is 16.5. The van der Waals surface area contributed by atoms with Gasteiger partial charge in [0, 0.05) is 0 Å². The Labute approximate surface area is 205 Å². The molecule has 4 rings (SSSR count). The molecular weight excluding hydrogens is 440 g/mol. The van der Waals surface area contributed by atoms with Gasteiger partial charge in [0.25, 0.3) is 0 Å². The molecule has 4 N–H and O–H groups in total. The zero-order chi connectivity index (χ0) is 24.7. The Morgan fingerprint density at radius 1 is 0.657 bits per heavy atom. The third kappa shape index (κ3) is 4.77. The predicted octanol–water partition coefficient (Wildman–Crippen LogP) is 4.82. The summed E-state index contributed by atoms with van der Waals surface area (Å²) in [4.78, 5) is 13.5. The lowest BCUT2D eigenvalue weighted by Gasteiger charge is -2.33. The highest BCUT2D eigenvalue weighted by molar-refractivity contribution is 5.92. The van der Waals surface area contributed by atoms with Crippen LogP contribution in [0.2, 0.25) is 0 Å². The maximum atomic E-state index is 13.5. The Balaban J connectivity index is 1.64. The summed E-state index contributed by atoms with van der Waals surface area (Å²) < 4.78 is 16.9. The molecule has 6 heteroatoms. The van der Waals surface area contributed by atoms with Crippen LogP contribution < -0.4 is 20.9 Å². The number of hydrogen-bond donors (Lipinski definition) is 2. The third-order valence-electron chi connectivity index (χ3n) is 5.87. The van der Waals surface area contributed by atoms with Crippen LogP contribution in [0.5, 0.6) is 11.5 Å². The zero-order valence-corrected chi connectivity index (χ0v) is 19.5. The fourth-order valence-corrected chi connectivity index (χ4v) is 4.21. The molecule has 0 amide bonds. The molecule has 0 unspecified atom stereocenters. The molecule has 0 aromatic heterocycles. The van der Waals surface area contributed by atoms with E-state index in [1.165, 1.54) is 7.11 Å². The summed E-state index contributed by atoms with van der Waals surface area (Å²) in [5, 5.41) is 0. The van der Waals surface area contributed by atoms with E-state index >= 15 is 0 Å². The minimum absolute atomic E-state index is 0.275. The van der Waals surface area contributed by atoms with Crippen molar-refractivity contribution >= 4 is 17.3 Å². The van der Waals surface area contributed by atoms with Gasteiger partial charge in [-0.05, 0) is 41.0 Å². The van der Waals surface area contributed by atoms with Gasteiger partial charge in [0.05, 0.1) is 18.5 Å². The summed E-state index contributed by atoms with van der Waals surface area (Å²) in [6, 6.07) is 31.7. The van der Waals surface area contributed by atoms with Crippen molar-refractivity contribution < 1.29 is 19.0 Å². The number of benzene rings is 4. The zero-order valence-electron chi connectivity index (χ0n) is 19.5. The van der Waals surface area contributed by atoms with Gasteiger partial charge in [0.1, 0.15) is 30.1 Å². The number of nitrogens with two attached hydrogens (primary N) is 2. The molecule has 0 spiro atoms. The molecular formula is C29H28N2O4. The summed E-state index contributed by atoms with van der Waals surface area (Å²) in [5.74, 6) is 0.697. The maximum absolute atomic E-state index is 13.5. The van der Waals surface area contributed by atoms with Crippen LogP contribution in [-0.4, -0.2) is 26.3 Å². The highest BCUT2D eigenvalue weighted by Gasteiger charge is 2.45. The molecule has 0 heterocycles. The second-order valence-electron chi connectivity index (χ2n) is 7.96. The molecule has 0 aliphatic rings. The van der Waals surface area contributed by atoms with Crippen molar-refractivity contribution in [3.8, 4) is 11.5 Å². The number of hydrogen-bond acceptors (Lipinski definition) is 6. The van der Waals surface area contributed by atoms with Gasteiger partial charge in [-0.3, -0.25) is 4.79 Å². The molecule has 4 aromatic rings. The summed E-state index contributed by atoms with van der Waals surface area (Å²) in [6.45, 7) is 0.576. The first-order chi connectivity index (χ1) is 17.1. The smallest absolute Gasteiger partial charge is 0.325 e. The van der Waals surface area contributed by atoms with Crippen LogP contribution in [0.1, 0.15) is 16.7 Å². The predicted molar refractivity (Wildman–Crippen MR) is 137 cm³/mol. The molecule has 35 heavy (non-hydrogen) atoms. The fourth-order valence-electron chi connectivity index (χ4n) is 4.21. The van der Waals surface area contributed by atoms with E-state index in [0.717, 1.165) is 11.1 Å². The summed E-state index contributed by atoms with van der Waals surface area (Å²) in [7, 11) is 1.39. The quantitative estimate of drug-likeness (QED) is 0.158. The largest absolute Gasteiger partial charge is 0.488 e. The SMILES string of the molecule is COC(=O)C(c1ccccc1)(c1ccccc1)c1ccc(OCCOc2ccccc2N)c(N)c1. The van der Waals surface area contributed by atoms with E-state index in [1.807, 2.05) is 78.9 Å². The summed E-state index contributed by atoms with van der Waals surface area (Å²) >= 11 is 0. The monoisotopic (exact) mass is 468 g/mol. The molecule has 0 aliphatic carbocycles. The maximum Gasteiger partial charge on any atom is 0.325 e. The minimum Gasteiger partial charge on any atom is -0.488 e. The van der Waals surface area contributed by atoms with E-state index in [0.29, 0.717) is 35.0 Å². The second kappa shape index (κ2) is 10.7. The van der Waals surface area contributed by atoms with E-state index in [1.54, 1.807) is 24.3 Å². The second-order valence-corrected chi connectivity index (χ2v) is 7.96. The van der Waals surface area contributed by atoms with Crippen LogP contribution in [0.25, 0.3) is 0 Å². The van der Waals surface area contributed by atoms with Gasteiger partial charge in [0.2, 0.25) is 0 Å². The lowest BCUT2D eigenvalue weighted by atomic mass is 9.69. The molecule has 178 valence electrons. The van der Waals surface area contributed by atoms with E-state index in [4.69, 9.17) is 25.7 Å². The average Bonchev–Trinajstić information content (AvgIpc) is 2.90. The Hall–Kier alpha value is -4.45. The van der Waals surface area contributed by atoms with Crippen LogP contribution in [0.3, 0.4) is 0 Å². The van der Waals surface area contributed by atoms with Gasteiger partial charge in [-0.1, -0.05) is 78.9 Å². The highest BCUT2D eigenvalue weighted by Crippen LogP contribution is 2.42. The van der Waals surface area contributed by atoms with Crippen molar-refractivity contribution in [2.45, 2.75) is 5.41 Å². The number of rotatable bonds is 9. The number of nitrogen functional groups attached to an aromatic ring is 2. The van der Waals surface area contributed by atoms with Gasteiger partial charge < -0.3 is 25.7 Å². The lowest BCUT2D eigenvalue weighted by Crippen LogP contribution is -2.39. The normalized spacial score (nSPS) is 11.0. The first-order valence-electron chi connectivity index (χ1n) is 11.3. The standard InChI is InChI=1S/C29H28N2O4/c1-33-28(32)29(21-10-4-2-5-11-21,22-12-6-3-7-13-22)23-16-17-27(25(31)20-23)35-19-18-34-26-15-9-8-14-24(26)30/h2-17,20H,18-19,30-31H2,1H3. The van der Waals surface area contributed by atoms with Crippen molar-refractivity contribution in [2.75, 3.05) is 31.8 Å². The van der Waals surface area contributed by atoms with Crippen LogP contribution in [0.15, 0.2) is 103 Å². The number of anilines is 2. The van der Waals surface area contributed by atoms with E-state index in [2.05, 4.69) is 0 Å². The van der Waals surface area contributed by atoms with Gasteiger partial charge in [-0.15, -0.1) is 0 Å². The van der Waals surface area contributed by atoms with Crippen LogP contribution in [0, 0.1) is 0 Å². The molecule has 0 saturated carbocycles. The Kier molecular flexibility index (Phi) is 7.21. The van der Waals surface area contributed by atoms with Gasteiger partial charge in [0.15, 0.2) is 0 Å². The number of esters is 1. The first kappa shape index (κ1) is 23.7. The molecule has 0 atom stereocenters. The molecule has 0 fully saturated rings. The average molecular weight is 469 g/mol. The van der Waals surface area contributed by atoms with Crippen molar-refractivity contribution in [2.24, 2.45) is 0 Å². The molecule has 0 saturated heterocycles. The van der Waals surface area contributed by atoms with Crippen LogP contribution >= 0.6 is 0 Å². The summed E-state index contributed by atoms with van der Waals surface area (Å²) in [5.41, 5.74) is 14.3. The third-order valence-corrected chi connectivity index (χ3v) is 5.87. The Morgan fingerprint density at radius 2 is 1.17 bits per heavy atom. The molecule has 0 radical (unpaired) electrons. The summed E-state index contributed by atoms with van der Waals surface area (Å²) in [6.07, 6.45) is 0. The van der Waals surface area contributed by atoms with Crippen molar-refractivity contribution in [3.05, 3.63) is 120 Å². The van der Waals surface area contributed by atoms with Crippen molar-refractivity contribution in [1.29, 1.82) is 0 Å². The van der Waals surface area contributed by atoms with Gasteiger partial charge in [-0.25, -0.2) is 0 Å².